The van der Waals surface area contributed by atoms with E-state index in [2.05, 4.69) is 25.5 Å². The van der Waals surface area contributed by atoms with Crippen LogP contribution in [-0.2, 0) is 9.59 Å². The maximum absolute atomic E-state index is 12.6. The number of nitrogens with zero attached hydrogens (tertiary/aromatic N) is 4. The highest BCUT2D eigenvalue weighted by Gasteiger charge is 2.55. The smallest absolute Gasteiger partial charge is 0.322 e. The SMILES string of the molecule is O=C1NC(=O)C(CCC(=O)N2CCN(c3ccnc(Cl)n3)CC2)(C2CC2)N1. The molecule has 1 aromatic heterocycles. The molecule has 1 aromatic rings. The molecular formula is C17H21ClN6O3. The molecule has 10 heteroatoms. The first kappa shape index (κ1) is 18.0. The molecule has 0 spiro atoms. The molecule has 9 nitrogen and oxygen atoms in total. The minimum Gasteiger partial charge on any atom is -0.353 e. The second kappa shape index (κ2) is 6.95. The van der Waals surface area contributed by atoms with Crippen LogP contribution < -0.4 is 15.5 Å². The quantitative estimate of drug-likeness (QED) is 0.559. The van der Waals surface area contributed by atoms with Gasteiger partial charge in [-0.2, -0.15) is 0 Å². The standard InChI is InChI=1S/C17H21ClN6O3/c18-15-19-6-4-12(20-15)23-7-9-24(10-8-23)13(25)3-5-17(11-1-2-11)14(26)21-16(27)22-17/h4,6,11H,1-3,5,7-10H2,(H2,21,22,26,27). The third-order valence-corrected chi connectivity index (χ3v) is 5.73. The van der Waals surface area contributed by atoms with Gasteiger partial charge in [0.25, 0.3) is 5.91 Å². The van der Waals surface area contributed by atoms with Gasteiger partial charge in [0, 0.05) is 38.8 Å². The fraction of sp³-hybridized carbons (Fsp3) is 0.588. The van der Waals surface area contributed by atoms with E-state index in [4.69, 9.17) is 11.6 Å². The van der Waals surface area contributed by atoms with Gasteiger partial charge in [-0.25, -0.2) is 14.8 Å². The van der Waals surface area contributed by atoms with E-state index in [0.717, 1.165) is 18.7 Å². The number of carbonyl (C=O) groups is 3. The van der Waals surface area contributed by atoms with Crippen LogP contribution in [0.15, 0.2) is 12.3 Å². The van der Waals surface area contributed by atoms with Crippen LogP contribution in [0.1, 0.15) is 25.7 Å². The molecule has 3 fully saturated rings. The fourth-order valence-electron chi connectivity index (χ4n) is 3.90. The van der Waals surface area contributed by atoms with Crippen LogP contribution in [0.3, 0.4) is 0 Å². The molecule has 2 N–H and O–H groups in total. The summed E-state index contributed by atoms with van der Waals surface area (Å²) in [7, 11) is 0. The lowest BCUT2D eigenvalue weighted by molar-refractivity contribution is -0.132. The largest absolute Gasteiger partial charge is 0.353 e. The normalized spacial score (nSPS) is 25.4. The first-order valence-electron chi connectivity index (χ1n) is 9.13. The molecule has 0 aromatic carbocycles. The fourth-order valence-corrected chi connectivity index (χ4v) is 4.04. The highest BCUT2D eigenvalue weighted by molar-refractivity contribution is 6.28. The molecule has 2 aliphatic heterocycles. The summed E-state index contributed by atoms with van der Waals surface area (Å²) in [5.74, 6) is 0.592. The van der Waals surface area contributed by atoms with E-state index >= 15 is 0 Å². The Kier molecular flexibility index (Phi) is 4.63. The van der Waals surface area contributed by atoms with Crippen LogP contribution in [0.25, 0.3) is 0 Å². The number of halogens is 1. The second-order valence-corrected chi connectivity index (χ2v) is 7.54. The molecule has 1 saturated carbocycles. The summed E-state index contributed by atoms with van der Waals surface area (Å²) >= 11 is 5.84. The van der Waals surface area contributed by atoms with Gasteiger partial charge in [0.15, 0.2) is 0 Å². The zero-order valence-electron chi connectivity index (χ0n) is 14.8. The van der Waals surface area contributed by atoms with Crippen molar-refractivity contribution < 1.29 is 14.4 Å². The van der Waals surface area contributed by atoms with Crippen LogP contribution in [0.2, 0.25) is 5.28 Å². The van der Waals surface area contributed by atoms with E-state index in [-0.39, 0.29) is 29.4 Å². The number of aromatic nitrogens is 2. The summed E-state index contributed by atoms with van der Waals surface area (Å²) in [5, 5.41) is 5.29. The average Bonchev–Trinajstić information content (AvgIpc) is 3.46. The number of anilines is 1. The minimum atomic E-state index is -0.910. The van der Waals surface area contributed by atoms with Crippen molar-refractivity contribution in [2.45, 2.75) is 31.2 Å². The molecule has 144 valence electrons. The van der Waals surface area contributed by atoms with Gasteiger partial charge >= 0.3 is 6.03 Å². The number of rotatable bonds is 5. The third kappa shape index (κ3) is 3.55. The highest BCUT2D eigenvalue weighted by Crippen LogP contribution is 2.43. The number of nitrogens with one attached hydrogen (secondary N) is 2. The Balaban J connectivity index is 1.32. The number of hydrogen-bond donors (Lipinski definition) is 2. The van der Waals surface area contributed by atoms with E-state index in [0.29, 0.717) is 32.6 Å². The van der Waals surface area contributed by atoms with Crippen LogP contribution >= 0.6 is 11.6 Å². The second-order valence-electron chi connectivity index (χ2n) is 7.21. The Bertz CT molecular complexity index is 778. The van der Waals surface area contributed by atoms with Crippen molar-refractivity contribution in [3.05, 3.63) is 17.5 Å². The van der Waals surface area contributed by atoms with Gasteiger partial charge in [-0.05, 0) is 42.8 Å². The maximum Gasteiger partial charge on any atom is 0.322 e. The molecule has 4 amide bonds. The minimum absolute atomic E-state index is 0.00402. The Morgan fingerprint density at radius 1 is 1.26 bits per heavy atom. The molecule has 27 heavy (non-hydrogen) atoms. The molecule has 1 unspecified atom stereocenters. The molecule has 4 rings (SSSR count). The van der Waals surface area contributed by atoms with Crippen molar-refractivity contribution in [2.24, 2.45) is 5.92 Å². The lowest BCUT2D eigenvalue weighted by atomic mass is 9.87. The Labute approximate surface area is 161 Å². The number of amides is 4. The molecule has 1 atom stereocenters. The zero-order chi connectivity index (χ0) is 19.0. The predicted octanol–water partition coefficient (Wildman–Crippen LogP) is 0.547. The molecule has 3 heterocycles. The van der Waals surface area contributed by atoms with E-state index in [1.54, 1.807) is 17.2 Å². The molecule has 1 aliphatic carbocycles. The first-order chi connectivity index (χ1) is 13.0. The van der Waals surface area contributed by atoms with Gasteiger partial charge in [0.2, 0.25) is 11.2 Å². The van der Waals surface area contributed by atoms with Crippen LogP contribution in [0, 0.1) is 5.92 Å². The number of piperazine rings is 1. The van der Waals surface area contributed by atoms with E-state index in [1.807, 2.05) is 0 Å². The zero-order valence-corrected chi connectivity index (χ0v) is 15.5. The Morgan fingerprint density at radius 2 is 2.00 bits per heavy atom. The third-order valence-electron chi connectivity index (χ3n) is 5.54. The van der Waals surface area contributed by atoms with E-state index < -0.39 is 11.6 Å². The summed E-state index contributed by atoms with van der Waals surface area (Å²) in [6.07, 6.45) is 4.00. The van der Waals surface area contributed by atoms with E-state index in [9.17, 15) is 14.4 Å². The average molecular weight is 393 g/mol. The molecule has 0 radical (unpaired) electrons. The lowest BCUT2D eigenvalue weighted by Crippen LogP contribution is -2.52. The number of imide groups is 1. The van der Waals surface area contributed by atoms with Crippen molar-refractivity contribution in [3.63, 3.8) is 0 Å². The predicted molar refractivity (Wildman–Crippen MR) is 97.2 cm³/mol. The van der Waals surface area contributed by atoms with Crippen LogP contribution in [-0.4, -0.2) is 64.4 Å². The summed E-state index contributed by atoms with van der Waals surface area (Å²) in [4.78, 5) is 48.4. The summed E-state index contributed by atoms with van der Waals surface area (Å²) in [6, 6.07) is 1.33. The summed E-state index contributed by atoms with van der Waals surface area (Å²) in [6.45, 7) is 2.47. The van der Waals surface area contributed by atoms with Gasteiger partial charge in [-0.3, -0.25) is 14.9 Å². The topological polar surface area (TPSA) is 108 Å². The Morgan fingerprint density at radius 3 is 2.59 bits per heavy atom. The van der Waals surface area contributed by atoms with Gasteiger partial charge in [0.1, 0.15) is 11.4 Å². The monoisotopic (exact) mass is 392 g/mol. The van der Waals surface area contributed by atoms with Gasteiger partial charge < -0.3 is 15.1 Å². The summed E-state index contributed by atoms with van der Waals surface area (Å²) < 4.78 is 0. The number of carbonyl (C=O) groups excluding carboxylic acids is 3. The Hall–Kier alpha value is -2.42. The number of hydrogen-bond acceptors (Lipinski definition) is 6. The van der Waals surface area contributed by atoms with Gasteiger partial charge in [-0.15, -0.1) is 0 Å². The van der Waals surface area contributed by atoms with Gasteiger partial charge in [0.05, 0.1) is 0 Å². The van der Waals surface area contributed by atoms with Crippen molar-refractivity contribution >= 4 is 35.3 Å². The van der Waals surface area contributed by atoms with Crippen LogP contribution in [0.5, 0.6) is 0 Å². The molecular weight excluding hydrogens is 372 g/mol. The lowest BCUT2D eigenvalue weighted by Gasteiger charge is -2.36. The summed E-state index contributed by atoms with van der Waals surface area (Å²) in [5.41, 5.74) is -0.910. The van der Waals surface area contributed by atoms with Crippen molar-refractivity contribution in [2.75, 3.05) is 31.1 Å². The van der Waals surface area contributed by atoms with Crippen molar-refractivity contribution in [1.29, 1.82) is 0 Å². The highest BCUT2D eigenvalue weighted by atomic mass is 35.5. The van der Waals surface area contributed by atoms with Gasteiger partial charge in [-0.1, -0.05) is 0 Å². The molecule has 2 saturated heterocycles. The van der Waals surface area contributed by atoms with Crippen LogP contribution in [0.4, 0.5) is 10.6 Å². The first-order valence-corrected chi connectivity index (χ1v) is 9.50. The van der Waals surface area contributed by atoms with E-state index in [1.165, 1.54) is 0 Å². The molecule has 3 aliphatic rings. The maximum atomic E-state index is 12.6. The molecule has 0 bridgehead atoms. The van der Waals surface area contributed by atoms with Crippen molar-refractivity contribution in [3.8, 4) is 0 Å². The number of urea groups is 1. The van der Waals surface area contributed by atoms with Crippen molar-refractivity contribution in [1.82, 2.24) is 25.5 Å².